The second kappa shape index (κ2) is 12.4. The van der Waals surface area contributed by atoms with E-state index in [0.717, 1.165) is 6.07 Å². The lowest BCUT2D eigenvalue weighted by molar-refractivity contribution is -0.241. The van der Waals surface area contributed by atoms with Gasteiger partial charge in [0.1, 0.15) is 23.0 Å². The molecule has 0 bridgehead atoms. The summed E-state index contributed by atoms with van der Waals surface area (Å²) in [6.45, 7) is -6.59. The number of halogens is 4. The number of methoxy groups -OCH3 is 2. The Morgan fingerprint density at radius 3 is 2.07 bits per heavy atom. The highest BCUT2D eigenvalue weighted by Crippen LogP contribution is 2.62. The number of nitrogens with zero attached hydrogens (tertiary/aromatic N) is 1. The smallest absolute Gasteiger partial charge is 0.478 e. The van der Waals surface area contributed by atoms with Crippen LogP contribution in [0.15, 0.2) is 70.4 Å². The second-order valence-corrected chi connectivity index (χ2v) is 12.0. The molecule has 1 unspecified atom stereocenters. The molecule has 3 aromatic rings. The number of hydrogen-bond acceptors (Lipinski definition) is 11. The minimum Gasteiger partial charge on any atom is -0.497 e. The predicted octanol–water partition coefficient (Wildman–Crippen LogP) is 4.01. The number of aromatic amines is 1. The second-order valence-electron chi connectivity index (χ2n) is 8.60. The van der Waals surface area contributed by atoms with E-state index in [1.165, 1.54) is 62.8 Å². The number of aliphatic hydroxyl groups is 1. The lowest BCUT2D eigenvalue weighted by Gasteiger charge is -2.33. The van der Waals surface area contributed by atoms with E-state index in [0.29, 0.717) is 22.3 Å². The number of benzene rings is 2. The zero-order valence-electron chi connectivity index (χ0n) is 21.6. The van der Waals surface area contributed by atoms with Gasteiger partial charge in [-0.15, -0.1) is 0 Å². The lowest BCUT2D eigenvalue weighted by Crippen LogP contribution is -2.57. The summed E-state index contributed by atoms with van der Waals surface area (Å²) in [5.74, 6) is -3.98. The molecule has 1 aliphatic heterocycles. The van der Waals surface area contributed by atoms with Crippen molar-refractivity contribution in [3.8, 4) is 23.0 Å². The molecule has 1 aliphatic rings. The molecule has 0 amide bonds. The zero-order chi connectivity index (χ0) is 30.7. The standard InChI is InChI=1S/C24H23F4N2O10PS/c1-35-14-3-7-16(8-4-14)39-41(34,42-40-17-9-5-15(36-2)6-10-17)37-13-23(21(25)26)24(27,28)19(32)20(38-23)30-12-11-18(31)29-22(30)33/h3-12,19-21,32H,13H2,1-2H3,(H,29,31,33)/t19-,20+,23-,41?/m0/s1. The van der Waals surface area contributed by atoms with E-state index in [1.807, 2.05) is 0 Å². The molecule has 0 radical (unpaired) electrons. The third-order valence-electron chi connectivity index (χ3n) is 6.01. The third-order valence-corrected chi connectivity index (χ3v) is 8.65. The fourth-order valence-corrected chi connectivity index (χ4v) is 6.05. The quantitative estimate of drug-likeness (QED) is 0.169. The molecule has 4 atom stereocenters. The Morgan fingerprint density at radius 2 is 1.55 bits per heavy atom. The maximum absolute atomic E-state index is 15.3. The molecule has 42 heavy (non-hydrogen) atoms. The summed E-state index contributed by atoms with van der Waals surface area (Å²) < 4.78 is 104. The number of alkyl halides is 4. The van der Waals surface area contributed by atoms with E-state index < -0.39 is 54.9 Å². The van der Waals surface area contributed by atoms with Crippen LogP contribution in [-0.2, 0) is 13.8 Å². The number of rotatable bonds is 12. The monoisotopic (exact) mass is 638 g/mol. The van der Waals surface area contributed by atoms with E-state index in [4.69, 9.17) is 27.4 Å². The molecule has 1 fully saturated rings. The SMILES string of the molecule is COc1ccc(OSP(=O)(OC[C@@]2(C(F)F)O[C@@H](n3ccc(=O)[nH]c3=O)[C@H](O)C2(F)F)Oc2ccc(OC)cc2)cc1. The third kappa shape index (κ3) is 6.29. The molecule has 2 heterocycles. The van der Waals surface area contributed by atoms with E-state index in [-0.39, 0.29) is 23.2 Å². The lowest BCUT2D eigenvalue weighted by atomic mass is 9.95. The van der Waals surface area contributed by atoms with Gasteiger partial charge in [-0.2, -0.15) is 8.78 Å². The highest BCUT2D eigenvalue weighted by molar-refractivity contribution is 8.52. The van der Waals surface area contributed by atoms with Gasteiger partial charge in [-0.1, -0.05) is 0 Å². The summed E-state index contributed by atoms with van der Waals surface area (Å²) in [4.78, 5) is 25.3. The largest absolute Gasteiger partial charge is 0.497 e. The molecular weight excluding hydrogens is 615 g/mol. The zero-order valence-corrected chi connectivity index (χ0v) is 23.4. The molecule has 12 nitrogen and oxygen atoms in total. The van der Waals surface area contributed by atoms with Crippen molar-refractivity contribution < 1.29 is 54.7 Å². The molecule has 2 aromatic carbocycles. The topological polar surface area (TPSA) is 148 Å². The number of aliphatic hydroxyl groups excluding tert-OH is 1. The molecule has 1 aromatic heterocycles. The van der Waals surface area contributed by atoms with Gasteiger partial charge < -0.3 is 28.0 Å². The molecule has 0 spiro atoms. The van der Waals surface area contributed by atoms with Crippen molar-refractivity contribution in [2.75, 3.05) is 20.8 Å². The minimum atomic E-state index is -4.79. The maximum Gasteiger partial charge on any atom is 0.478 e. The van der Waals surface area contributed by atoms with Crippen molar-refractivity contribution in [3.63, 3.8) is 0 Å². The van der Waals surface area contributed by atoms with Crippen molar-refractivity contribution in [1.82, 2.24) is 9.55 Å². The number of aromatic nitrogens is 2. The fraction of sp³-hybridized carbons (Fsp3) is 0.333. The van der Waals surface area contributed by atoms with Crippen LogP contribution in [0.25, 0.3) is 0 Å². The fourth-order valence-electron chi connectivity index (χ4n) is 3.74. The van der Waals surface area contributed by atoms with Gasteiger partial charge in [-0.25, -0.2) is 18.1 Å². The first-order valence-electron chi connectivity index (χ1n) is 11.8. The van der Waals surface area contributed by atoms with Gasteiger partial charge in [0.25, 0.3) is 12.0 Å². The van der Waals surface area contributed by atoms with Crippen LogP contribution in [0, 0.1) is 0 Å². The Bertz CT molecular complexity index is 1540. The maximum atomic E-state index is 15.3. The van der Waals surface area contributed by atoms with Crippen LogP contribution in [0.4, 0.5) is 17.6 Å². The molecule has 2 N–H and O–H groups in total. The Kier molecular flexibility index (Phi) is 9.27. The van der Waals surface area contributed by atoms with Crippen LogP contribution in [0.1, 0.15) is 6.23 Å². The highest BCUT2D eigenvalue weighted by Gasteiger charge is 2.74. The summed E-state index contributed by atoms with van der Waals surface area (Å²) in [5, 5.41) is 10.3. The Labute approximate surface area is 238 Å². The first kappa shape index (κ1) is 31.4. The van der Waals surface area contributed by atoms with Crippen LogP contribution in [-0.4, -0.2) is 59.5 Å². The Balaban J connectivity index is 1.64. The van der Waals surface area contributed by atoms with Gasteiger partial charge in [0.05, 0.1) is 20.8 Å². The molecule has 1 saturated heterocycles. The summed E-state index contributed by atoms with van der Waals surface area (Å²) in [7, 11) is 2.81. The van der Waals surface area contributed by atoms with Gasteiger partial charge >= 0.3 is 18.4 Å². The summed E-state index contributed by atoms with van der Waals surface area (Å²) in [5.41, 5.74) is -6.15. The summed E-state index contributed by atoms with van der Waals surface area (Å²) >= 11 is 0.0274. The number of hydrogen-bond donors (Lipinski definition) is 2. The van der Waals surface area contributed by atoms with Gasteiger partial charge in [-0.05, 0) is 48.5 Å². The first-order chi connectivity index (χ1) is 19.8. The predicted molar refractivity (Wildman–Crippen MR) is 140 cm³/mol. The molecule has 0 saturated carbocycles. The molecule has 228 valence electrons. The Hall–Kier alpha value is -3.50. The average Bonchev–Trinajstić information content (AvgIpc) is 3.17. The number of ether oxygens (including phenoxy) is 3. The van der Waals surface area contributed by atoms with Crippen LogP contribution < -0.4 is 29.4 Å². The normalized spacial score (nSPS) is 22.9. The van der Waals surface area contributed by atoms with Gasteiger partial charge in [-0.3, -0.25) is 18.9 Å². The van der Waals surface area contributed by atoms with E-state index in [9.17, 15) is 28.0 Å². The van der Waals surface area contributed by atoms with Crippen molar-refractivity contribution in [3.05, 3.63) is 81.6 Å². The summed E-state index contributed by atoms with van der Waals surface area (Å²) in [6, 6.07) is 11.9. The van der Waals surface area contributed by atoms with Crippen molar-refractivity contribution >= 4 is 18.5 Å². The van der Waals surface area contributed by atoms with Crippen LogP contribution in [0.5, 0.6) is 23.0 Å². The first-order valence-corrected chi connectivity index (χ1v) is 14.6. The molecule has 0 aliphatic carbocycles. The number of H-pyrrole nitrogens is 1. The molecule has 18 heteroatoms. The van der Waals surface area contributed by atoms with E-state index in [2.05, 4.69) is 0 Å². The van der Waals surface area contributed by atoms with Gasteiger partial charge in [0, 0.05) is 12.3 Å². The van der Waals surface area contributed by atoms with Crippen molar-refractivity contribution in [2.45, 2.75) is 30.3 Å². The van der Waals surface area contributed by atoms with Crippen LogP contribution in [0.3, 0.4) is 0 Å². The van der Waals surface area contributed by atoms with Gasteiger partial charge in [0.2, 0.25) is 5.60 Å². The summed E-state index contributed by atoms with van der Waals surface area (Å²) in [6.07, 6.45) is -8.76. The average molecular weight is 638 g/mol. The molecular formula is C24H23F4N2O10PS. The van der Waals surface area contributed by atoms with E-state index in [1.54, 1.807) is 4.98 Å². The minimum absolute atomic E-state index is 0.0274. The van der Waals surface area contributed by atoms with Crippen LogP contribution >= 0.6 is 18.5 Å². The van der Waals surface area contributed by atoms with E-state index >= 15 is 8.78 Å². The Morgan fingerprint density at radius 1 is 1.00 bits per heavy atom. The number of nitrogens with one attached hydrogen (secondary N) is 1. The van der Waals surface area contributed by atoms with Crippen molar-refractivity contribution in [2.24, 2.45) is 0 Å². The van der Waals surface area contributed by atoms with Gasteiger partial charge in [0.15, 0.2) is 24.0 Å². The highest BCUT2D eigenvalue weighted by atomic mass is 32.7. The van der Waals surface area contributed by atoms with Crippen LogP contribution in [0.2, 0.25) is 0 Å². The molecule has 4 rings (SSSR count). The van der Waals surface area contributed by atoms with Crippen molar-refractivity contribution in [1.29, 1.82) is 0 Å².